The molecule has 2 rings (SSSR count). The van der Waals surface area contributed by atoms with Gasteiger partial charge in [0.2, 0.25) is 0 Å². The van der Waals surface area contributed by atoms with Crippen LogP contribution in [0, 0.1) is 0 Å². The van der Waals surface area contributed by atoms with E-state index in [1.807, 2.05) is 19.9 Å². The van der Waals surface area contributed by atoms with Crippen molar-refractivity contribution in [1.82, 2.24) is 4.90 Å². The fourth-order valence-electron chi connectivity index (χ4n) is 2.32. The van der Waals surface area contributed by atoms with Crippen LogP contribution in [0.25, 0.3) is 0 Å². The molecule has 0 spiro atoms. The van der Waals surface area contributed by atoms with Crippen LogP contribution in [0.3, 0.4) is 0 Å². The highest BCUT2D eigenvalue weighted by Gasteiger charge is 2.31. The van der Waals surface area contributed by atoms with Crippen LogP contribution >= 0.6 is 0 Å². The maximum Gasteiger partial charge on any atom is 0.416 e. The summed E-state index contributed by atoms with van der Waals surface area (Å²) in [6.45, 7) is 7.21. The first-order valence-corrected chi connectivity index (χ1v) is 6.87. The molecule has 0 radical (unpaired) electrons. The average molecular weight is 287 g/mol. The first kappa shape index (κ1) is 15.3. The molecule has 1 heterocycles. The zero-order valence-corrected chi connectivity index (χ0v) is 11.8. The van der Waals surface area contributed by atoms with E-state index < -0.39 is 11.7 Å². The summed E-state index contributed by atoms with van der Waals surface area (Å²) in [5.74, 6) is 0.0840. The van der Waals surface area contributed by atoms with Crippen LogP contribution in [0.4, 0.5) is 13.2 Å². The van der Waals surface area contributed by atoms with Gasteiger partial charge in [-0.25, -0.2) is 0 Å². The molecule has 0 bridgehead atoms. The number of alkyl halides is 3. The lowest BCUT2D eigenvalue weighted by Crippen LogP contribution is -2.35. The lowest BCUT2D eigenvalue weighted by atomic mass is 9.97. The molecule has 20 heavy (non-hydrogen) atoms. The van der Waals surface area contributed by atoms with Gasteiger partial charge in [0.05, 0.1) is 18.8 Å². The van der Waals surface area contributed by atoms with Crippen LogP contribution in [-0.4, -0.2) is 31.2 Å². The van der Waals surface area contributed by atoms with Crippen molar-refractivity contribution < 1.29 is 17.9 Å². The molecule has 1 saturated heterocycles. The Kier molecular flexibility index (Phi) is 4.70. The zero-order valence-electron chi connectivity index (χ0n) is 11.8. The van der Waals surface area contributed by atoms with E-state index in [9.17, 15) is 13.2 Å². The minimum Gasteiger partial charge on any atom is -0.379 e. The number of ether oxygens (including phenoxy) is 1. The number of rotatable bonds is 3. The monoisotopic (exact) mass is 287 g/mol. The molecule has 112 valence electrons. The van der Waals surface area contributed by atoms with E-state index in [4.69, 9.17) is 4.74 Å². The largest absolute Gasteiger partial charge is 0.416 e. The Morgan fingerprint density at radius 2 is 1.80 bits per heavy atom. The van der Waals surface area contributed by atoms with Crippen LogP contribution in [-0.2, 0) is 17.5 Å². The van der Waals surface area contributed by atoms with E-state index in [0.717, 1.165) is 24.2 Å². The molecule has 1 fully saturated rings. The highest BCUT2D eigenvalue weighted by molar-refractivity contribution is 5.33. The summed E-state index contributed by atoms with van der Waals surface area (Å²) >= 11 is 0. The van der Waals surface area contributed by atoms with E-state index in [2.05, 4.69) is 4.90 Å². The first-order chi connectivity index (χ1) is 9.36. The van der Waals surface area contributed by atoms with Crippen LogP contribution < -0.4 is 0 Å². The molecular formula is C15H20F3NO. The number of halogens is 3. The molecule has 5 heteroatoms. The molecule has 0 aliphatic carbocycles. The van der Waals surface area contributed by atoms with E-state index in [-0.39, 0.29) is 5.92 Å². The lowest BCUT2D eigenvalue weighted by Gasteiger charge is -2.27. The zero-order chi connectivity index (χ0) is 14.8. The smallest absolute Gasteiger partial charge is 0.379 e. The lowest BCUT2D eigenvalue weighted by molar-refractivity contribution is -0.137. The van der Waals surface area contributed by atoms with Gasteiger partial charge >= 0.3 is 6.18 Å². The number of nitrogens with zero attached hydrogens (tertiary/aromatic N) is 1. The fraction of sp³-hybridized carbons (Fsp3) is 0.600. The SMILES string of the molecule is CC(C)c1cc(CN2CCOCC2)cc(C(F)(F)F)c1. The molecule has 0 amide bonds. The maximum atomic E-state index is 13.0. The molecule has 1 aliphatic rings. The Hall–Kier alpha value is -1.07. The minimum atomic E-state index is -4.29. The third-order valence-corrected chi connectivity index (χ3v) is 3.52. The summed E-state index contributed by atoms with van der Waals surface area (Å²) in [6, 6.07) is 4.41. The van der Waals surface area contributed by atoms with Gasteiger partial charge in [-0.1, -0.05) is 19.9 Å². The summed E-state index contributed by atoms with van der Waals surface area (Å²) in [7, 11) is 0. The Morgan fingerprint density at radius 1 is 1.15 bits per heavy atom. The summed E-state index contributed by atoms with van der Waals surface area (Å²) in [4.78, 5) is 2.13. The van der Waals surface area contributed by atoms with Crippen molar-refractivity contribution in [2.75, 3.05) is 26.3 Å². The van der Waals surface area contributed by atoms with E-state index >= 15 is 0 Å². The molecule has 0 aromatic heterocycles. The van der Waals surface area contributed by atoms with Gasteiger partial charge in [-0.2, -0.15) is 13.2 Å². The van der Waals surface area contributed by atoms with Crippen molar-refractivity contribution in [2.24, 2.45) is 0 Å². The Balaban J connectivity index is 2.24. The van der Waals surface area contributed by atoms with Gasteiger partial charge in [0.15, 0.2) is 0 Å². The predicted molar refractivity (Wildman–Crippen MR) is 71.6 cm³/mol. The molecular weight excluding hydrogens is 267 g/mol. The Morgan fingerprint density at radius 3 is 2.35 bits per heavy atom. The number of hydrogen-bond donors (Lipinski definition) is 0. The normalized spacial score (nSPS) is 17.7. The van der Waals surface area contributed by atoms with Crippen molar-refractivity contribution in [3.8, 4) is 0 Å². The summed E-state index contributed by atoms with van der Waals surface area (Å²) in [6.07, 6.45) is -4.29. The fourth-order valence-corrected chi connectivity index (χ4v) is 2.32. The Bertz CT molecular complexity index is 451. The van der Waals surface area contributed by atoms with Crippen molar-refractivity contribution in [2.45, 2.75) is 32.5 Å². The van der Waals surface area contributed by atoms with Gasteiger partial charge in [-0.05, 0) is 29.2 Å². The van der Waals surface area contributed by atoms with Crippen LogP contribution in [0.2, 0.25) is 0 Å². The van der Waals surface area contributed by atoms with Gasteiger partial charge in [0.1, 0.15) is 0 Å². The summed E-state index contributed by atoms with van der Waals surface area (Å²) in [5.41, 5.74) is 0.917. The van der Waals surface area contributed by atoms with Crippen LogP contribution in [0.5, 0.6) is 0 Å². The van der Waals surface area contributed by atoms with Gasteiger partial charge in [-0.15, -0.1) is 0 Å². The molecule has 1 aromatic rings. The molecule has 1 aromatic carbocycles. The third kappa shape index (κ3) is 3.96. The van der Waals surface area contributed by atoms with Crippen molar-refractivity contribution in [3.05, 3.63) is 34.9 Å². The topological polar surface area (TPSA) is 12.5 Å². The van der Waals surface area contributed by atoms with Crippen LogP contribution in [0.1, 0.15) is 36.5 Å². The summed E-state index contributed by atoms with van der Waals surface area (Å²) < 4.78 is 44.1. The first-order valence-electron chi connectivity index (χ1n) is 6.87. The second-order valence-electron chi connectivity index (χ2n) is 5.50. The maximum absolute atomic E-state index is 13.0. The van der Waals surface area contributed by atoms with E-state index in [1.54, 1.807) is 0 Å². The van der Waals surface area contributed by atoms with Gasteiger partial charge in [-0.3, -0.25) is 4.90 Å². The molecule has 0 saturated carbocycles. The second-order valence-corrected chi connectivity index (χ2v) is 5.50. The van der Waals surface area contributed by atoms with Gasteiger partial charge in [0.25, 0.3) is 0 Å². The van der Waals surface area contributed by atoms with Crippen LogP contribution in [0.15, 0.2) is 18.2 Å². The minimum absolute atomic E-state index is 0.0840. The number of hydrogen-bond acceptors (Lipinski definition) is 2. The third-order valence-electron chi connectivity index (χ3n) is 3.52. The van der Waals surface area contributed by atoms with Gasteiger partial charge in [0, 0.05) is 19.6 Å². The van der Waals surface area contributed by atoms with Gasteiger partial charge < -0.3 is 4.74 Å². The highest BCUT2D eigenvalue weighted by atomic mass is 19.4. The summed E-state index contributed by atoms with van der Waals surface area (Å²) in [5, 5.41) is 0. The molecule has 0 atom stereocenters. The quantitative estimate of drug-likeness (QED) is 0.841. The standard InChI is InChI=1S/C15H20F3NO/c1-11(2)13-7-12(8-14(9-13)15(16,17)18)10-19-3-5-20-6-4-19/h7-9,11H,3-6,10H2,1-2H3. The second kappa shape index (κ2) is 6.14. The predicted octanol–water partition coefficient (Wildman–Crippen LogP) is 3.66. The van der Waals surface area contributed by atoms with E-state index in [0.29, 0.717) is 19.8 Å². The molecule has 2 nitrogen and oxygen atoms in total. The molecule has 0 unspecified atom stereocenters. The van der Waals surface area contributed by atoms with Crippen molar-refractivity contribution in [1.29, 1.82) is 0 Å². The van der Waals surface area contributed by atoms with Crippen molar-refractivity contribution >= 4 is 0 Å². The molecule has 0 N–H and O–H groups in total. The highest BCUT2D eigenvalue weighted by Crippen LogP contribution is 2.32. The van der Waals surface area contributed by atoms with Crippen molar-refractivity contribution in [3.63, 3.8) is 0 Å². The van der Waals surface area contributed by atoms with E-state index in [1.165, 1.54) is 12.1 Å². The number of morpholine rings is 1. The number of benzene rings is 1. The Labute approximate surface area is 117 Å². The average Bonchev–Trinajstić information content (AvgIpc) is 2.38. The molecule has 1 aliphatic heterocycles.